The first-order valence-electron chi connectivity index (χ1n) is 13.5. The zero-order chi connectivity index (χ0) is 23.6. The molecule has 4 aliphatic carbocycles. The molecule has 0 radical (unpaired) electrons. The molecule has 9 atom stereocenters. The maximum absolute atomic E-state index is 11.7. The Labute approximate surface area is 200 Å². The van der Waals surface area contributed by atoms with Gasteiger partial charge in [0.05, 0.1) is 29.5 Å². The molecule has 2 N–H and O–H groups in total. The van der Waals surface area contributed by atoms with Crippen LogP contribution in [0.5, 0.6) is 0 Å². The Kier molecular flexibility index (Phi) is 5.58. The number of terminal acetylenes is 1. The maximum Gasteiger partial charge on any atom is 0.0848 e. The molecule has 1 aromatic heterocycles. The molecule has 5 rings (SSSR count). The van der Waals surface area contributed by atoms with Crippen LogP contribution in [0.3, 0.4) is 0 Å². The molecule has 0 spiro atoms. The smallest absolute Gasteiger partial charge is 0.0848 e. The second-order valence-corrected chi connectivity index (χ2v) is 13.1. The molecular formula is C29H44N2O2. The summed E-state index contributed by atoms with van der Waals surface area (Å²) in [7, 11) is 0. The van der Waals surface area contributed by atoms with Gasteiger partial charge < -0.3 is 10.2 Å². The summed E-state index contributed by atoms with van der Waals surface area (Å²) >= 11 is 0. The lowest BCUT2D eigenvalue weighted by Crippen LogP contribution is -2.54. The zero-order valence-corrected chi connectivity index (χ0v) is 21.2. The van der Waals surface area contributed by atoms with Crippen LogP contribution in [0.1, 0.15) is 97.5 Å². The summed E-state index contributed by atoms with van der Waals surface area (Å²) in [5.74, 6) is 5.76. The highest BCUT2D eigenvalue weighted by molar-refractivity contribution is 5.26. The molecule has 0 aliphatic heterocycles. The average molecular weight is 453 g/mol. The van der Waals surface area contributed by atoms with E-state index in [2.05, 4.69) is 31.8 Å². The van der Waals surface area contributed by atoms with Crippen LogP contribution in [0.15, 0.2) is 12.4 Å². The largest absolute Gasteiger partial charge is 0.390 e. The van der Waals surface area contributed by atoms with Gasteiger partial charge >= 0.3 is 0 Å². The van der Waals surface area contributed by atoms with Crippen LogP contribution in [-0.2, 0) is 6.54 Å². The van der Waals surface area contributed by atoms with Crippen LogP contribution in [0.2, 0.25) is 0 Å². The Morgan fingerprint density at radius 1 is 1.18 bits per heavy atom. The fraction of sp³-hybridized carbons (Fsp3) is 0.828. The highest BCUT2D eigenvalue weighted by atomic mass is 16.3. The van der Waals surface area contributed by atoms with E-state index in [0.29, 0.717) is 18.4 Å². The van der Waals surface area contributed by atoms with Crippen molar-refractivity contribution in [3.05, 3.63) is 18.0 Å². The first-order chi connectivity index (χ1) is 15.5. The molecule has 1 heterocycles. The van der Waals surface area contributed by atoms with Crippen LogP contribution in [-0.4, -0.2) is 31.2 Å². The molecule has 4 saturated carbocycles. The van der Waals surface area contributed by atoms with Gasteiger partial charge in [0.15, 0.2) is 0 Å². The molecule has 0 unspecified atom stereocenters. The molecule has 0 saturated heterocycles. The molecule has 0 aromatic carbocycles. The van der Waals surface area contributed by atoms with Crippen molar-refractivity contribution in [2.24, 2.45) is 40.4 Å². The van der Waals surface area contributed by atoms with Gasteiger partial charge in [0, 0.05) is 6.20 Å². The van der Waals surface area contributed by atoms with Crippen LogP contribution in [0, 0.1) is 52.8 Å². The molecule has 4 nitrogen and oxygen atoms in total. The van der Waals surface area contributed by atoms with E-state index in [1.165, 1.54) is 32.1 Å². The van der Waals surface area contributed by atoms with Crippen LogP contribution >= 0.6 is 0 Å². The predicted molar refractivity (Wildman–Crippen MR) is 131 cm³/mol. The van der Waals surface area contributed by atoms with Crippen molar-refractivity contribution in [3.8, 4) is 12.3 Å². The van der Waals surface area contributed by atoms with Gasteiger partial charge in [0.2, 0.25) is 0 Å². The Balaban J connectivity index is 1.36. The number of hydrogen-bond donors (Lipinski definition) is 2. The molecule has 0 amide bonds. The lowest BCUT2D eigenvalue weighted by Gasteiger charge is -2.58. The molecule has 0 bridgehead atoms. The van der Waals surface area contributed by atoms with Gasteiger partial charge in [-0.1, -0.05) is 33.1 Å². The second kappa shape index (κ2) is 7.85. The van der Waals surface area contributed by atoms with Crippen molar-refractivity contribution in [3.63, 3.8) is 0 Å². The lowest BCUT2D eigenvalue weighted by atomic mass is 9.47. The van der Waals surface area contributed by atoms with Gasteiger partial charge in [-0.2, -0.15) is 5.10 Å². The lowest BCUT2D eigenvalue weighted by molar-refractivity contribution is -0.125. The molecule has 4 aliphatic rings. The van der Waals surface area contributed by atoms with Crippen molar-refractivity contribution in [1.82, 2.24) is 9.78 Å². The normalized spacial score (nSPS) is 46.2. The Morgan fingerprint density at radius 3 is 2.64 bits per heavy atom. The molecule has 1 aromatic rings. The van der Waals surface area contributed by atoms with E-state index in [-0.39, 0.29) is 16.7 Å². The van der Waals surface area contributed by atoms with Crippen molar-refractivity contribution in [2.75, 3.05) is 0 Å². The summed E-state index contributed by atoms with van der Waals surface area (Å²) in [6.07, 6.45) is 20.5. The molecule has 4 fully saturated rings. The summed E-state index contributed by atoms with van der Waals surface area (Å²) in [6.45, 7) is 9.73. The van der Waals surface area contributed by atoms with Crippen LogP contribution in [0.4, 0.5) is 0 Å². The summed E-state index contributed by atoms with van der Waals surface area (Å²) in [4.78, 5) is 0. The number of hydrogen-bond acceptors (Lipinski definition) is 3. The van der Waals surface area contributed by atoms with Gasteiger partial charge in [0.25, 0.3) is 0 Å². The minimum atomic E-state index is -0.802. The highest BCUT2D eigenvalue weighted by Gasteiger charge is 2.64. The second-order valence-electron chi connectivity index (χ2n) is 13.1. The maximum atomic E-state index is 11.7. The fourth-order valence-corrected chi connectivity index (χ4v) is 10.0. The number of nitrogens with zero attached hydrogens (tertiary/aromatic N) is 2. The van der Waals surface area contributed by atoms with Gasteiger partial charge in [-0.05, 0) is 105 Å². The van der Waals surface area contributed by atoms with E-state index in [1.54, 1.807) is 6.20 Å². The van der Waals surface area contributed by atoms with E-state index in [4.69, 9.17) is 6.42 Å². The first-order valence-corrected chi connectivity index (χ1v) is 13.5. The molecule has 33 heavy (non-hydrogen) atoms. The first kappa shape index (κ1) is 23.4. The quantitative estimate of drug-likeness (QED) is 0.587. The monoisotopic (exact) mass is 452 g/mol. The number of aliphatic hydroxyl groups is 2. The van der Waals surface area contributed by atoms with Gasteiger partial charge in [0.1, 0.15) is 0 Å². The van der Waals surface area contributed by atoms with E-state index in [9.17, 15) is 10.2 Å². The van der Waals surface area contributed by atoms with Crippen molar-refractivity contribution in [1.29, 1.82) is 0 Å². The Hall–Kier alpha value is -1.31. The van der Waals surface area contributed by atoms with E-state index in [0.717, 1.165) is 49.5 Å². The minimum Gasteiger partial charge on any atom is -0.390 e. The van der Waals surface area contributed by atoms with Crippen LogP contribution in [0.25, 0.3) is 0 Å². The third-order valence-electron chi connectivity index (χ3n) is 11.1. The van der Waals surface area contributed by atoms with Crippen molar-refractivity contribution < 1.29 is 10.2 Å². The third kappa shape index (κ3) is 3.61. The SMILES string of the molecule is C#Cc1cnn(C[C@](C)(O)[C@H]2CC[C@H]3[C@@H]4CC[C@H]5C[C@@](O)(CCC)C[C@]5(C)[C@H]4CC[C@@]32C)c1. The standard InChI is InChI=1S/C29H44N2O2/c1-6-13-29(33)15-21-8-9-22-23-10-11-25(26(23,3)14-12-24(22)27(21,4)18-29)28(5,32)19-31-17-20(7-2)16-30-31/h2,16-17,21-25,32-33H,6,8-15,18-19H2,1,3-5H3/t21-,22-,23-,24-,25-,26-,27-,28-,29-/m0/s1. The fourth-order valence-electron chi connectivity index (χ4n) is 10.0. The number of aromatic nitrogens is 2. The van der Waals surface area contributed by atoms with Gasteiger partial charge in [-0.15, -0.1) is 6.42 Å². The summed E-state index contributed by atoms with van der Waals surface area (Å²) in [5, 5.41) is 27.5. The molecule has 182 valence electrons. The topological polar surface area (TPSA) is 58.3 Å². The van der Waals surface area contributed by atoms with Crippen LogP contribution < -0.4 is 0 Å². The highest BCUT2D eigenvalue weighted by Crippen LogP contribution is 2.70. The van der Waals surface area contributed by atoms with Gasteiger partial charge in [-0.3, -0.25) is 4.68 Å². The van der Waals surface area contributed by atoms with Gasteiger partial charge in [-0.25, -0.2) is 0 Å². The van der Waals surface area contributed by atoms with E-state index < -0.39 is 11.2 Å². The molecule has 4 heteroatoms. The minimum absolute atomic E-state index is 0.175. The number of rotatable bonds is 5. The van der Waals surface area contributed by atoms with E-state index in [1.807, 2.05) is 17.8 Å². The third-order valence-corrected chi connectivity index (χ3v) is 11.1. The average Bonchev–Trinajstić information content (AvgIpc) is 3.40. The van der Waals surface area contributed by atoms with E-state index >= 15 is 0 Å². The Morgan fingerprint density at radius 2 is 1.94 bits per heavy atom. The summed E-state index contributed by atoms with van der Waals surface area (Å²) in [6, 6.07) is 0. The summed E-state index contributed by atoms with van der Waals surface area (Å²) < 4.78 is 1.83. The van der Waals surface area contributed by atoms with Crippen molar-refractivity contribution >= 4 is 0 Å². The molecular weight excluding hydrogens is 408 g/mol. The zero-order valence-electron chi connectivity index (χ0n) is 21.2. The Bertz CT molecular complexity index is 930. The van der Waals surface area contributed by atoms with Crippen molar-refractivity contribution in [2.45, 2.75) is 110 Å². The predicted octanol–water partition coefficient (Wildman–Crippen LogP) is 5.42. The summed E-state index contributed by atoms with van der Waals surface area (Å²) in [5.41, 5.74) is -0.00745. The number of fused-ring (bicyclic) bond motifs is 5.